The second kappa shape index (κ2) is 8.98. The molecular weight excluding hydrogens is 450 g/mol. The van der Waals surface area contributed by atoms with E-state index in [0.717, 1.165) is 10.2 Å². The average molecular weight is 473 g/mol. The number of hydrogen-bond acceptors (Lipinski definition) is 6. The Balaban J connectivity index is 1.36. The van der Waals surface area contributed by atoms with Gasteiger partial charge in [0.05, 0.1) is 5.56 Å². The summed E-state index contributed by atoms with van der Waals surface area (Å²) < 4.78 is 13.2. The van der Waals surface area contributed by atoms with Crippen molar-refractivity contribution in [3.63, 3.8) is 0 Å². The highest BCUT2D eigenvalue weighted by atomic mass is 16.7. The van der Waals surface area contributed by atoms with E-state index < -0.39 is 11.5 Å². The van der Waals surface area contributed by atoms with E-state index in [1.807, 2.05) is 30.3 Å². The minimum absolute atomic E-state index is 0.133. The smallest absolute Gasteiger partial charge is 0.291 e. The Morgan fingerprint density at radius 2 is 1.83 bits per heavy atom. The summed E-state index contributed by atoms with van der Waals surface area (Å²) in [4.78, 5) is 38.7. The van der Waals surface area contributed by atoms with Gasteiger partial charge >= 0.3 is 0 Å². The van der Waals surface area contributed by atoms with Crippen molar-refractivity contribution >= 4 is 23.0 Å². The van der Waals surface area contributed by atoms with Gasteiger partial charge in [-0.2, -0.15) is 5.10 Å². The molecule has 0 fully saturated rings. The van der Waals surface area contributed by atoms with Gasteiger partial charge in [-0.25, -0.2) is 4.68 Å². The van der Waals surface area contributed by atoms with Gasteiger partial charge in [0.15, 0.2) is 11.5 Å². The molecule has 0 spiro atoms. The first-order chi connectivity index (χ1) is 16.9. The van der Waals surface area contributed by atoms with Gasteiger partial charge < -0.3 is 20.1 Å². The molecule has 0 saturated heterocycles. The number of rotatable bonds is 6. The molecule has 0 bridgehead atoms. The molecule has 0 radical (unpaired) electrons. The normalized spacial score (nSPS) is 12.1. The van der Waals surface area contributed by atoms with E-state index in [9.17, 15) is 14.4 Å². The van der Waals surface area contributed by atoms with E-state index >= 15 is 0 Å². The monoisotopic (exact) mass is 473 g/mol. The Hall–Kier alpha value is -4.60. The van der Waals surface area contributed by atoms with E-state index in [2.05, 4.69) is 15.7 Å². The number of amides is 2. The van der Waals surface area contributed by atoms with Crippen molar-refractivity contribution in [3.8, 4) is 11.5 Å². The summed E-state index contributed by atoms with van der Waals surface area (Å²) >= 11 is 0. The van der Waals surface area contributed by atoms with Crippen LogP contribution in [0, 0.1) is 13.8 Å². The number of nitrogens with zero attached hydrogens (tertiary/aromatic N) is 3. The highest BCUT2D eigenvalue weighted by Gasteiger charge is 2.22. The quantitative estimate of drug-likeness (QED) is 0.444. The van der Waals surface area contributed by atoms with Gasteiger partial charge in [0.25, 0.3) is 11.5 Å². The second-order valence-electron chi connectivity index (χ2n) is 8.18. The molecule has 4 aromatic rings. The van der Waals surface area contributed by atoms with Crippen LogP contribution in [-0.2, 0) is 17.9 Å². The van der Waals surface area contributed by atoms with E-state index in [-0.39, 0.29) is 19.2 Å². The maximum atomic E-state index is 13.2. The van der Waals surface area contributed by atoms with Crippen molar-refractivity contribution in [2.75, 3.05) is 12.1 Å². The number of hydrogen-bond donors (Lipinski definition) is 2. The fraction of sp³-hybridized carbons (Fsp3) is 0.200. The lowest BCUT2D eigenvalue weighted by Crippen LogP contribution is -2.30. The summed E-state index contributed by atoms with van der Waals surface area (Å²) in [7, 11) is 0. The maximum Gasteiger partial charge on any atom is 0.291 e. The first-order valence-electron chi connectivity index (χ1n) is 11.0. The van der Waals surface area contributed by atoms with Gasteiger partial charge in [0, 0.05) is 24.0 Å². The topological polar surface area (TPSA) is 116 Å². The zero-order valence-electron chi connectivity index (χ0n) is 19.2. The molecule has 3 heterocycles. The summed E-state index contributed by atoms with van der Waals surface area (Å²) in [5.74, 6) is 0.439. The van der Waals surface area contributed by atoms with E-state index in [1.165, 1.54) is 6.33 Å². The highest BCUT2D eigenvalue weighted by molar-refractivity contribution is 5.99. The SMILES string of the molecule is Cc1c(C(=O)NCc2ccccc2)c(C)n2cnn(CC(=O)Nc3ccc4c(c3)OCO4)c(=O)c12. The summed E-state index contributed by atoms with van der Waals surface area (Å²) in [6, 6.07) is 14.6. The van der Waals surface area contributed by atoms with Crippen LogP contribution in [0.4, 0.5) is 5.69 Å². The largest absolute Gasteiger partial charge is 0.454 e. The van der Waals surface area contributed by atoms with Gasteiger partial charge in [-0.3, -0.25) is 18.8 Å². The second-order valence-corrected chi connectivity index (χ2v) is 8.18. The molecule has 1 aliphatic heterocycles. The van der Waals surface area contributed by atoms with Crippen LogP contribution in [0.25, 0.3) is 5.52 Å². The highest BCUT2D eigenvalue weighted by Crippen LogP contribution is 2.34. The molecule has 10 nitrogen and oxygen atoms in total. The first kappa shape index (κ1) is 22.2. The molecule has 10 heteroatoms. The third-order valence-electron chi connectivity index (χ3n) is 5.91. The predicted octanol–water partition coefficient (Wildman–Crippen LogP) is 2.41. The lowest BCUT2D eigenvalue weighted by molar-refractivity contribution is -0.117. The predicted molar refractivity (Wildman–Crippen MR) is 128 cm³/mol. The van der Waals surface area contributed by atoms with Crippen LogP contribution < -0.4 is 25.7 Å². The number of carbonyl (C=O) groups is 2. The molecule has 0 aliphatic carbocycles. The molecule has 0 saturated carbocycles. The molecule has 2 aromatic heterocycles. The molecule has 5 rings (SSSR count). The summed E-state index contributed by atoms with van der Waals surface area (Å²) in [6.45, 7) is 3.69. The van der Waals surface area contributed by atoms with Gasteiger partial charge in [0.1, 0.15) is 18.4 Å². The third-order valence-corrected chi connectivity index (χ3v) is 5.91. The van der Waals surface area contributed by atoms with Gasteiger partial charge in [-0.05, 0) is 37.1 Å². The van der Waals surface area contributed by atoms with Crippen molar-refractivity contribution in [2.24, 2.45) is 0 Å². The van der Waals surface area contributed by atoms with Gasteiger partial charge in [-0.15, -0.1) is 0 Å². The molecule has 2 aromatic carbocycles. The van der Waals surface area contributed by atoms with E-state index in [0.29, 0.717) is 46.1 Å². The molecule has 2 N–H and O–H groups in total. The van der Waals surface area contributed by atoms with Crippen LogP contribution in [0.2, 0.25) is 0 Å². The number of aromatic nitrogens is 3. The number of anilines is 1. The molecule has 0 atom stereocenters. The molecule has 178 valence electrons. The van der Waals surface area contributed by atoms with Crippen LogP contribution in [0.3, 0.4) is 0 Å². The zero-order chi connectivity index (χ0) is 24.5. The van der Waals surface area contributed by atoms with E-state index in [4.69, 9.17) is 9.47 Å². The van der Waals surface area contributed by atoms with Crippen molar-refractivity contribution in [2.45, 2.75) is 26.9 Å². The average Bonchev–Trinajstić information content (AvgIpc) is 3.42. The fourth-order valence-electron chi connectivity index (χ4n) is 4.18. The Kier molecular flexibility index (Phi) is 5.69. The number of aryl methyl sites for hydroxylation is 2. The minimum Gasteiger partial charge on any atom is -0.454 e. The van der Waals surface area contributed by atoms with Crippen molar-refractivity contribution < 1.29 is 19.1 Å². The summed E-state index contributed by atoms with van der Waals surface area (Å²) in [5, 5.41) is 9.78. The number of carbonyl (C=O) groups excluding carboxylic acids is 2. The zero-order valence-corrected chi connectivity index (χ0v) is 19.2. The maximum absolute atomic E-state index is 13.2. The van der Waals surface area contributed by atoms with Crippen LogP contribution in [-0.4, -0.2) is 32.8 Å². The molecule has 35 heavy (non-hydrogen) atoms. The molecule has 0 unspecified atom stereocenters. The number of ether oxygens (including phenoxy) is 2. The lowest BCUT2D eigenvalue weighted by atomic mass is 10.1. The van der Waals surface area contributed by atoms with E-state index in [1.54, 1.807) is 36.4 Å². The standard InChI is InChI=1S/C25H23N5O5/c1-15-22(24(32)26-11-17-6-4-3-5-7-17)16(2)29-13-27-30(25(33)23(15)29)12-21(31)28-18-8-9-19-20(10-18)35-14-34-19/h3-10,13H,11-12,14H2,1-2H3,(H,26,32)(H,28,31). The summed E-state index contributed by atoms with van der Waals surface area (Å²) in [6.07, 6.45) is 1.45. The molecular formula is C25H23N5O5. The van der Waals surface area contributed by atoms with Crippen LogP contribution in [0.5, 0.6) is 11.5 Å². The number of benzene rings is 2. The van der Waals surface area contributed by atoms with Crippen molar-refractivity contribution in [1.82, 2.24) is 19.5 Å². The first-order valence-corrected chi connectivity index (χ1v) is 11.0. The van der Waals surface area contributed by atoms with Crippen LogP contribution in [0.1, 0.15) is 27.2 Å². The summed E-state index contributed by atoms with van der Waals surface area (Å²) in [5.41, 5.74) is 2.88. The van der Waals surface area contributed by atoms with Crippen LogP contribution >= 0.6 is 0 Å². The number of nitrogens with one attached hydrogen (secondary N) is 2. The van der Waals surface area contributed by atoms with Gasteiger partial charge in [0.2, 0.25) is 12.7 Å². The Labute approximate surface area is 200 Å². The lowest BCUT2D eigenvalue weighted by Gasteiger charge is -2.08. The third kappa shape index (κ3) is 4.21. The Morgan fingerprint density at radius 1 is 1.06 bits per heavy atom. The van der Waals surface area contributed by atoms with Crippen LogP contribution in [0.15, 0.2) is 59.7 Å². The molecule has 2 amide bonds. The van der Waals surface area contributed by atoms with Gasteiger partial charge in [-0.1, -0.05) is 30.3 Å². The fourth-order valence-corrected chi connectivity index (χ4v) is 4.18. The van der Waals surface area contributed by atoms with Crippen molar-refractivity contribution in [3.05, 3.63) is 87.6 Å². The Bertz CT molecular complexity index is 1510. The van der Waals surface area contributed by atoms with Crippen molar-refractivity contribution in [1.29, 1.82) is 0 Å². The number of fused-ring (bicyclic) bond motifs is 2. The Morgan fingerprint density at radius 3 is 2.63 bits per heavy atom. The molecule has 1 aliphatic rings. The minimum atomic E-state index is -0.462.